The minimum atomic E-state index is -3.69. The summed E-state index contributed by atoms with van der Waals surface area (Å²) in [7, 11) is -2.13. The van der Waals surface area contributed by atoms with Gasteiger partial charge in [-0.25, -0.2) is 8.42 Å². The highest BCUT2D eigenvalue weighted by molar-refractivity contribution is 7.89. The van der Waals surface area contributed by atoms with Crippen molar-refractivity contribution in [2.75, 3.05) is 18.4 Å². The van der Waals surface area contributed by atoms with Crippen LogP contribution in [-0.2, 0) is 17.1 Å². The molecule has 0 fully saturated rings. The fraction of sp³-hybridized carbons (Fsp3) is 0.353. The summed E-state index contributed by atoms with van der Waals surface area (Å²) in [5, 5.41) is 13.6. The number of nitrogens with one attached hydrogen (secondary N) is 1. The van der Waals surface area contributed by atoms with E-state index in [1.165, 1.54) is 40.2 Å². The molecule has 0 saturated heterocycles. The minimum absolute atomic E-state index is 0.0228. The number of sulfonamides is 1. The fourth-order valence-corrected chi connectivity index (χ4v) is 4.29. The normalized spacial score (nSPS) is 11.6. The molecule has 1 N–H and O–H groups in total. The van der Waals surface area contributed by atoms with E-state index < -0.39 is 20.9 Å². The van der Waals surface area contributed by atoms with E-state index in [0.29, 0.717) is 24.3 Å². The molecular weight excluding hydrogens is 372 g/mol. The van der Waals surface area contributed by atoms with Crippen molar-refractivity contribution in [1.82, 2.24) is 8.87 Å². The summed E-state index contributed by atoms with van der Waals surface area (Å²) in [5.74, 6) is -0.554. The van der Waals surface area contributed by atoms with Gasteiger partial charge in [0.2, 0.25) is 10.0 Å². The highest BCUT2D eigenvalue weighted by Gasteiger charge is 2.26. The Hall–Kier alpha value is -2.72. The van der Waals surface area contributed by atoms with Gasteiger partial charge < -0.3 is 9.88 Å². The number of anilines is 1. The van der Waals surface area contributed by atoms with Crippen LogP contribution in [0.25, 0.3) is 0 Å². The Morgan fingerprint density at radius 1 is 1.30 bits per heavy atom. The van der Waals surface area contributed by atoms with Gasteiger partial charge in [0.05, 0.1) is 16.2 Å². The number of benzene rings is 1. The van der Waals surface area contributed by atoms with E-state index in [2.05, 4.69) is 5.32 Å². The fourth-order valence-electron chi connectivity index (χ4n) is 2.76. The van der Waals surface area contributed by atoms with Crippen LogP contribution in [0.4, 0.5) is 11.4 Å². The molecule has 2 rings (SSSR count). The lowest BCUT2D eigenvalue weighted by Crippen LogP contribution is -2.30. The lowest BCUT2D eigenvalue weighted by molar-refractivity contribution is -0.385. The van der Waals surface area contributed by atoms with Crippen molar-refractivity contribution in [2.45, 2.75) is 25.7 Å². The maximum atomic E-state index is 12.6. The summed E-state index contributed by atoms with van der Waals surface area (Å²) in [6.07, 6.45) is 1.38. The van der Waals surface area contributed by atoms with Crippen LogP contribution in [0, 0.1) is 17.0 Å². The van der Waals surface area contributed by atoms with Crippen molar-refractivity contribution in [3.05, 3.63) is 51.8 Å². The second-order valence-corrected chi connectivity index (χ2v) is 7.86. The van der Waals surface area contributed by atoms with Gasteiger partial charge in [-0.3, -0.25) is 14.9 Å². The molecule has 0 aliphatic carbocycles. The number of hydrogen-bond donors (Lipinski definition) is 1. The van der Waals surface area contributed by atoms with Crippen LogP contribution < -0.4 is 5.32 Å². The Morgan fingerprint density at radius 2 is 1.93 bits per heavy atom. The van der Waals surface area contributed by atoms with E-state index in [1.807, 2.05) is 0 Å². The molecule has 1 heterocycles. The van der Waals surface area contributed by atoms with Crippen LogP contribution in [0.2, 0.25) is 0 Å². The first-order valence-electron chi connectivity index (χ1n) is 8.35. The zero-order valence-corrected chi connectivity index (χ0v) is 16.4. The average molecular weight is 394 g/mol. The molecule has 27 heavy (non-hydrogen) atoms. The monoisotopic (exact) mass is 394 g/mol. The number of amides is 1. The van der Waals surface area contributed by atoms with Crippen molar-refractivity contribution < 1.29 is 18.1 Å². The summed E-state index contributed by atoms with van der Waals surface area (Å²) in [6.45, 7) is 5.66. The number of nitro groups is 1. The first-order chi connectivity index (χ1) is 12.6. The summed E-state index contributed by atoms with van der Waals surface area (Å²) >= 11 is 0. The summed E-state index contributed by atoms with van der Waals surface area (Å²) < 4.78 is 28.0. The molecule has 146 valence electrons. The number of carbonyl (C=O) groups is 1. The molecule has 0 atom stereocenters. The van der Waals surface area contributed by atoms with E-state index in [9.17, 15) is 23.3 Å². The third kappa shape index (κ3) is 4.01. The number of carbonyl (C=O) groups excluding carboxylic acids is 1. The third-order valence-corrected chi connectivity index (χ3v) is 6.32. The van der Waals surface area contributed by atoms with Gasteiger partial charge in [-0.15, -0.1) is 0 Å². The first kappa shape index (κ1) is 20.6. The maximum absolute atomic E-state index is 12.6. The first-order valence-corrected chi connectivity index (χ1v) is 9.79. The maximum Gasteiger partial charge on any atom is 0.274 e. The molecule has 0 saturated carbocycles. The van der Waals surface area contributed by atoms with Gasteiger partial charge >= 0.3 is 0 Å². The SMILES string of the molecule is CCN(CC)S(=O)(=O)c1cc(C(=O)Nc2cccc([N+](=O)[O-])c2C)n(C)c1. The standard InChI is InChI=1S/C17H22N4O5S/c1-5-20(6-2)27(25,26)13-10-16(19(4)11-13)17(22)18-14-8-7-9-15(12(14)3)21(23)24/h7-11H,5-6H2,1-4H3,(H,18,22). The molecule has 0 unspecified atom stereocenters. The van der Waals surface area contributed by atoms with Gasteiger partial charge in [0.1, 0.15) is 10.6 Å². The summed E-state index contributed by atoms with van der Waals surface area (Å²) in [6, 6.07) is 5.68. The second kappa shape index (κ2) is 7.89. The van der Waals surface area contributed by atoms with Gasteiger partial charge in [0.25, 0.3) is 11.6 Å². The Labute approximate surface area is 157 Å². The van der Waals surface area contributed by atoms with Crippen LogP contribution in [-0.4, -0.2) is 41.2 Å². The minimum Gasteiger partial charge on any atom is -0.345 e. The van der Waals surface area contributed by atoms with Crippen LogP contribution >= 0.6 is 0 Å². The van der Waals surface area contributed by atoms with Gasteiger partial charge in [-0.1, -0.05) is 19.9 Å². The van der Waals surface area contributed by atoms with Gasteiger partial charge in [0.15, 0.2) is 0 Å². The largest absolute Gasteiger partial charge is 0.345 e. The molecule has 0 bridgehead atoms. The molecule has 0 radical (unpaired) electrons. The smallest absolute Gasteiger partial charge is 0.274 e. The molecule has 9 nitrogen and oxygen atoms in total. The third-order valence-electron chi connectivity index (χ3n) is 4.31. The number of aryl methyl sites for hydroxylation is 1. The zero-order chi connectivity index (χ0) is 20.4. The quantitative estimate of drug-likeness (QED) is 0.572. The molecule has 2 aromatic rings. The average Bonchev–Trinajstić information content (AvgIpc) is 3.00. The van der Waals surface area contributed by atoms with E-state index in [0.717, 1.165) is 0 Å². The van der Waals surface area contributed by atoms with Crippen molar-refractivity contribution >= 4 is 27.3 Å². The number of hydrogen-bond acceptors (Lipinski definition) is 5. The molecular formula is C17H22N4O5S. The lowest BCUT2D eigenvalue weighted by atomic mass is 10.1. The van der Waals surface area contributed by atoms with Crippen molar-refractivity contribution in [3.63, 3.8) is 0 Å². The molecule has 0 aliphatic rings. The molecule has 1 aromatic heterocycles. The Morgan fingerprint density at radius 3 is 2.48 bits per heavy atom. The molecule has 10 heteroatoms. The summed E-state index contributed by atoms with van der Waals surface area (Å²) in [4.78, 5) is 23.1. The van der Waals surface area contributed by atoms with Gasteiger partial charge in [-0.2, -0.15) is 4.31 Å². The van der Waals surface area contributed by atoms with Crippen molar-refractivity contribution in [3.8, 4) is 0 Å². The lowest BCUT2D eigenvalue weighted by Gasteiger charge is -2.17. The highest BCUT2D eigenvalue weighted by Crippen LogP contribution is 2.26. The van der Waals surface area contributed by atoms with E-state index in [4.69, 9.17) is 0 Å². The number of nitrogens with zero attached hydrogens (tertiary/aromatic N) is 3. The van der Waals surface area contributed by atoms with Crippen molar-refractivity contribution in [1.29, 1.82) is 0 Å². The molecule has 0 spiro atoms. The molecule has 0 aliphatic heterocycles. The van der Waals surface area contributed by atoms with Gasteiger partial charge in [0, 0.05) is 32.4 Å². The summed E-state index contributed by atoms with van der Waals surface area (Å²) in [5.41, 5.74) is 0.640. The van der Waals surface area contributed by atoms with Crippen LogP contribution in [0.1, 0.15) is 29.9 Å². The topological polar surface area (TPSA) is 115 Å². The second-order valence-electron chi connectivity index (χ2n) is 5.92. The van der Waals surface area contributed by atoms with E-state index >= 15 is 0 Å². The Balaban J connectivity index is 2.36. The highest BCUT2D eigenvalue weighted by atomic mass is 32.2. The van der Waals surface area contributed by atoms with Crippen LogP contribution in [0.15, 0.2) is 35.4 Å². The zero-order valence-electron chi connectivity index (χ0n) is 15.6. The number of nitro benzene ring substituents is 1. The van der Waals surface area contributed by atoms with Crippen molar-refractivity contribution in [2.24, 2.45) is 7.05 Å². The van der Waals surface area contributed by atoms with E-state index in [1.54, 1.807) is 27.0 Å². The molecule has 1 aromatic carbocycles. The number of rotatable bonds is 7. The Bertz CT molecular complexity index is 977. The van der Waals surface area contributed by atoms with E-state index in [-0.39, 0.29) is 16.3 Å². The Kier molecular flexibility index (Phi) is 6.01. The molecule has 1 amide bonds. The number of aromatic nitrogens is 1. The van der Waals surface area contributed by atoms with Gasteiger partial charge in [-0.05, 0) is 19.1 Å². The predicted octanol–water partition coefficient (Wildman–Crippen LogP) is 2.52. The van der Waals surface area contributed by atoms with Crippen LogP contribution in [0.5, 0.6) is 0 Å². The predicted molar refractivity (Wildman–Crippen MR) is 101 cm³/mol. The van der Waals surface area contributed by atoms with Crippen LogP contribution in [0.3, 0.4) is 0 Å².